The molecule has 0 aromatic heterocycles. The normalized spacial score (nSPS) is 14.7. The predicted octanol–water partition coefficient (Wildman–Crippen LogP) is 3.71. The monoisotopic (exact) mass is 471 g/mol. The second-order valence-corrected chi connectivity index (χ2v) is 6.15. The largest absolute Gasteiger partial charge is 0.493 e. The summed E-state index contributed by atoms with van der Waals surface area (Å²) in [5, 5.41) is 6.88. The Morgan fingerprint density at radius 2 is 2.04 bits per heavy atom. The van der Waals surface area contributed by atoms with E-state index in [1.54, 1.807) is 7.11 Å². The lowest BCUT2D eigenvalue weighted by molar-refractivity contribution is 0.330. The van der Waals surface area contributed by atoms with Crippen molar-refractivity contribution in [1.29, 1.82) is 0 Å². The van der Waals surface area contributed by atoms with Crippen molar-refractivity contribution in [2.24, 2.45) is 4.99 Å². The molecule has 1 aliphatic carbocycles. The van der Waals surface area contributed by atoms with Crippen LogP contribution in [0.5, 0.6) is 11.5 Å². The molecule has 0 bridgehead atoms. The Labute approximate surface area is 174 Å². The molecule has 1 saturated carbocycles. The second kappa shape index (κ2) is 12.7. The van der Waals surface area contributed by atoms with Gasteiger partial charge in [-0.2, -0.15) is 0 Å². The van der Waals surface area contributed by atoms with Gasteiger partial charge in [-0.1, -0.05) is 31.2 Å². The summed E-state index contributed by atoms with van der Waals surface area (Å²) >= 11 is 0. The zero-order chi connectivity index (χ0) is 17.9. The number of benzene rings is 1. The van der Waals surface area contributed by atoms with E-state index in [1.807, 2.05) is 18.2 Å². The molecule has 144 valence electrons. The molecule has 1 aromatic carbocycles. The van der Waals surface area contributed by atoms with Gasteiger partial charge in [-0.15, -0.1) is 30.4 Å². The number of rotatable bonds is 7. The summed E-state index contributed by atoms with van der Waals surface area (Å²) in [6.07, 6.45) is 11.7. The highest BCUT2D eigenvalue weighted by Gasteiger charge is 2.14. The lowest BCUT2D eigenvalue weighted by Gasteiger charge is -2.24. The van der Waals surface area contributed by atoms with Gasteiger partial charge in [0.2, 0.25) is 0 Å². The van der Waals surface area contributed by atoms with Crippen molar-refractivity contribution >= 4 is 29.9 Å². The van der Waals surface area contributed by atoms with Crippen LogP contribution in [0, 0.1) is 12.3 Å². The summed E-state index contributed by atoms with van der Waals surface area (Å²) < 4.78 is 10.9. The number of nitrogens with zero attached hydrogens (tertiary/aromatic N) is 1. The van der Waals surface area contributed by atoms with Crippen molar-refractivity contribution < 1.29 is 9.47 Å². The third-order valence-corrected chi connectivity index (χ3v) is 4.25. The minimum atomic E-state index is 0. The van der Waals surface area contributed by atoms with Gasteiger partial charge in [0, 0.05) is 12.6 Å². The van der Waals surface area contributed by atoms with Crippen LogP contribution in [0.2, 0.25) is 0 Å². The average Bonchev–Trinajstić information content (AvgIpc) is 2.65. The van der Waals surface area contributed by atoms with Crippen molar-refractivity contribution in [2.75, 3.05) is 20.3 Å². The molecule has 0 heterocycles. The number of hydrogen-bond donors (Lipinski definition) is 2. The number of guanidine groups is 1. The van der Waals surface area contributed by atoms with Crippen molar-refractivity contribution in [2.45, 2.75) is 51.6 Å². The van der Waals surface area contributed by atoms with E-state index in [-0.39, 0.29) is 30.6 Å². The van der Waals surface area contributed by atoms with Crippen LogP contribution in [-0.2, 0) is 6.54 Å². The molecule has 1 aromatic rings. The number of terminal acetylenes is 1. The lowest BCUT2D eigenvalue weighted by atomic mass is 9.96. The molecule has 0 spiro atoms. The standard InChI is InChI=1S/C20H29N3O2.HI/c1-4-13-25-19-14-16(11-12-18(19)24-3)15-22-20(21-5-2)23-17-9-7-6-8-10-17;/h1,11-12,14,17H,5-10,13,15H2,2-3H3,(H2,21,22,23);1H. The minimum Gasteiger partial charge on any atom is -0.493 e. The zero-order valence-corrected chi connectivity index (χ0v) is 18.0. The van der Waals surface area contributed by atoms with E-state index in [4.69, 9.17) is 20.9 Å². The van der Waals surface area contributed by atoms with Crippen LogP contribution in [0.3, 0.4) is 0 Å². The molecule has 2 rings (SSSR count). The summed E-state index contributed by atoms with van der Waals surface area (Å²) in [4.78, 5) is 4.71. The Morgan fingerprint density at radius 1 is 1.27 bits per heavy atom. The van der Waals surface area contributed by atoms with Gasteiger partial charge in [0.15, 0.2) is 17.5 Å². The van der Waals surface area contributed by atoms with Crippen LogP contribution < -0.4 is 20.1 Å². The Kier molecular flexibility index (Phi) is 10.9. The number of hydrogen-bond acceptors (Lipinski definition) is 3. The SMILES string of the molecule is C#CCOc1cc(CN=C(NCC)NC2CCCCC2)ccc1OC.I. The average molecular weight is 471 g/mol. The first-order valence-electron chi connectivity index (χ1n) is 9.04. The van der Waals surface area contributed by atoms with Crippen LogP contribution in [0.1, 0.15) is 44.6 Å². The summed E-state index contributed by atoms with van der Waals surface area (Å²) in [6, 6.07) is 6.34. The topological polar surface area (TPSA) is 54.9 Å². The van der Waals surface area contributed by atoms with Crippen molar-refractivity contribution in [1.82, 2.24) is 10.6 Å². The minimum absolute atomic E-state index is 0. The van der Waals surface area contributed by atoms with Gasteiger partial charge in [0.05, 0.1) is 13.7 Å². The number of methoxy groups -OCH3 is 1. The summed E-state index contributed by atoms with van der Waals surface area (Å²) in [7, 11) is 1.62. The molecule has 0 saturated heterocycles. The Hall–Kier alpha value is -1.62. The second-order valence-electron chi connectivity index (χ2n) is 6.15. The molecule has 0 unspecified atom stereocenters. The number of aliphatic imine (C=N–C) groups is 1. The summed E-state index contributed by atoms with van der Waals surface area (Å²) in [5.74, 6) is 4.67. The van der Waals surface area contributed by atoms with Crippen LogP contribution in [0.4, 0.5) is 0 Å². The van der Waals surface area contributed by atoms with E-state index >= 15 is 0 Å². The predicted molar refractivity (Wildman–Crippen MR) is 118 cm³/mol. The molecule has 1 aliphatic rings. The van der Waals surface area contributed by atoms with E-state index in [0.717, 1.165) is 18.1 Å². The van der Waals surface area contributed by atoms with E-state index in [2.05, 4.69) is 23.5 Å². The third-order valence-electron chi connectivity index (χ3n) is 4.25. The highest BCUT2D eigenvalue weighted by molar-refractivity contribution is 14.0. The van der Waals surface area contributed by atoms with Gasteiger partial charge in [-0.25, -0.2) is 4.99 Å². The molecule has 26 heavy (non-hydrogen) atoms. The van der Waals surface area contributed by atoms with Crippen molar-refractivity contribution in [3.8, 4) is 23.8 Å². The first-order chi connectivity index (χ1) is 12.3. The fourth-order valence-corrected chi connectivity index (χ4v) is 2.98. The van der Waals surface area contributed by atoms with Gasteiger partial charge in [0.1, 0.15) is 6.61 Å². The van der Waals surface area contributed by atoms with Crippen LogP contribution >= 0.6 is 24.0 Å². The van der Waals surface area contributed by atoms with Gasteiger partial charge in [-0.05, 0) is 37.5 Å². The molecule has 6 heteroatoms. The molecular formula is C20H30IN3O2. The molecule has 5 nitrogen and oxygen atoms in total. The maximum Gasteiger partial charge on any atom is 0.191 e. The number of ether oxygens (including phenoxy) is 2. The van der Waals surface area contributed by atoms with Crippen LogP contribution in [0.25, 0.3) is 0 Å². The molecule has 0 amide bonds. The van der Waals surface area contributed by atoms with Gasteiger partial charge in [0.25, 0.3) is 0 Å². The van der Waals surface area contributed by atoms with Gasteiger partial charge in [-0.3, -0.25) is 0 Å². The van der Waals surface area contributed by atoms with Gasteiger partial charge < -0.3 is 20.1 Å². The smallest absolute Gasteiger partial charge is 0.191 e. The molecule has 2 N–H and O–H groups in total. The van der Waals surface area contributed by atoms with E-state index in [0.29, 0.717) is 24.1 Å². The maximum absolute atomic E-state index is 5.55. The Bertz CT molecular complexity index is 608. The van der Waals surface area contributed by atoms with Crippen molar-refractivity contribution in [3.63, 3.8) is 0 Å². The summed E-state index contributed by atoms with van der Waals surface area (Å²) in [5.41, 5.74) is 1.05. The molecular weight excluding hydrogens is 441 g/mol. The quantitative estimate of drug-likeness (QED) is 0.276. The maximum atomic E-state index is 5.55. The Morgan fingerprint density at radius 3 is 2.69 bits per heavy atom. The lowest BCUT2D eigenvalue weighted by Crippen LogP contribution is -2.44. The molecule has 0 radical (unpaired) electrons. The fraction of sp³-hybridized carbons (Fsp3) is 0.550. The first kappa shape index (κ1) is 22.4. The van der Waals surface area contributed by atoms with E-state index < -0.39 is 0 Å². The third kappa shape index (κ3) is 7.32. The highest BCUT2D eigenvalue weighted by Crippen LogP contribution is 2.28. The van der Waals surface area contributed by atoms with Gasteiger partial charge >= 0.3 is 0 Å². The Balaban J connectivity index is 0.00000338. The highest BCUT2D eigenvalue weighted by atomic mass is 127. The molecule has 1 fully saturated rings. The number of halogens is 1. The van der Waals surface area contributed by atoms with Crippen molar-refractivity contribution in [3.05, 3.63) is 23.8 Å². The van der Waals surface area contributed by atoms with E-state index in [9.17, 15) is 0 Å². The van der Waals surface area contributed by atoms with E-state index in [1.165, 1.54) is 32.1 Å². The van der Waals surface area contributed by atoms with Crippen LogP contribution in [-0.4, -0.2) is 32.3 Å². The molecule has 0 atom stereocenters. The zero-order valence-electron chi connectivity index (χ0n) is 15.7. The first-order valence-corrected chi connectivity index (χ1v) is 9.04. The summed E-state index contributed by atoms with van der Waals surface area (Å²) in [6.45, 7) is 3.71. The van der Waals surface area contributed by atoms with Crippen LogP contribution in [0.15, 0.2) is 23.2 Å². The fourth-order valence-electron chi connectivity index (χ4n) is 2.98. The molecule has 0 aliphatic heterocycles. The number of nitrogens with one attached hydrogen (secondary N) is 2.